The topological polar surface area (TPSA) is 78.9 Å². The first-order valence-electron chi connectivity index (χ1n) is 34.4. The van der Waals surface area contributed by atoms with Gasteiger partial charge in [0, 0.05) is 19.3 Å². The van der Waals surface area contributed by atoms with Crippen LogP contribution in [0, 0.1) is 0 Å². The molecule has 0 aliphatic heterocycles. The van der Waals surface area contributed by atoms with Gasteiger partial charge in [-0.2, -0.15) is 0 Å². The molecule has 0 radical (unpaired) electrons. The van der Waals surface area contributed by atoms with Gasteiger partial charge in [0.1, 0.15) is 13.2 Å². The van der Waals surface area contributed by atoms with E-state index >= 15 is 0 Å². The number of carbonyl (C=O) groups is 3. The van der Waals surface area contributed by atoms with Gasteiger partial charge in [0.2, 0.25) is 0 Å². The minimum absolute atomic E-state index is 0.100. The predicted octanol–water partition coefficient (Wildman–Crippen LogP) is 23.8. The molecule has 1 unspecified atom stereocenters. The van der Waals surface area contributed by atoms with Crippen molar-refractivity contribution in [1.82, 2.24) is 0 Å². The minimum atomic E-state index is -0.811. The lowest BCUT2D eigenvalue weighted by molar-refractivity contribution is -0.167. The number of esters is 3. The lowest BCUT2D eigenvalue weighted by Crippen LogP contribution is -2.30. The summed E-state index contributed by atoms with van der Waals surface area (Å²) in [7, 11) is 0. The van der Waals surface area contributed by atoms with Crippen molar-refractivity contribution >= 4 is 17.9 Å². The van der Waals surface area contributed by atoms with E-state index in [1.165, 1.54) is 154 Å². The third-order valence-electron chi connectivity index (χ3n) is 14.8. The molecule has 0 amide bonds. The number of hydrogen-bond donors (Lipinski definition) is 0. The van der Waals surface area contributed by atoms with Gasteiger partial charge in [-0.05, 0) is 103 Å². The second-order valence-electron chi connectivity index (χ2n) is 22.7. The van der Waals surface area contributed by atoms with Gasteiger partial charge in [0.15, 0.2) is 6.10 Å². The van der Waals surface area contributed by atoms with Crippen LogP contribution in [0.2, 0.25) is 0 Å². The normalized spacial score (nSPS) is 12.8. The summed E-state index contributed by atoms with van der Waals surface area (Å²) in [4.78, 5) is 38.4. The molecule has 0 aliphatic carbocycles. The molecule has 0 aromatic rings. The average Bonchev–Trinajstić information content (AvgIpc) is 3.47. The Morgan fingerprint density at radius 3 is 0.778 bits per heavy atom. The van der Waals surface area contributed by atoms with Crippen molar-refractivity contribution in [3.63, 3.8) is 0 Å². The molecule has 0 bridgehead atoms. The van der Waals surface area contributed by atoms with E-state index in [9.17, 15) is 14.4 Å². The molecule has 464 valence electrons. The zero-order chi connectivity index (χ0) is 58.5. The Kier molecular flexibility index (Phi) is 65.2. The van der Waals surface area contributed by atoms with E-state index in [1.54, 1.807) is 0 Å². The molecule has 6 heteroatoms. The van der Waals surface area contributed by atoms with Gasteiger partial charge in [-0.15, -0.1) is 0 Å². The molecule has 0 fully saturated rings. The molecule has 0 saturated heterocycles. The summed E-state index contributed by atoms with van der Waals surface area (Å²) >= 11 is 0. The Morgan fingerprint density at radius 2 is 0.481 bits per heavy atom. The van der Waals surface area contributed by atoms with E-state index in [0.29, 0.717) is 19.3 Å². The number of allylic oxidation sites excluding steroid dienone is 18. The maximum absolute atomic E-state index is 12.9. The first-order valence-corrected chi connectivity index (χ1v) is 34.4. The Balaban J connectivity index is 4.36. The summed E-state index contributed by atoms with van der Waals surface area (Å²) < 4.78 is 16.9. The van der Waals surface area contributed by atoms with E-state index in [0.717, 1.165) is 128 Å². The maximum Gasteiger partial charge on any atom is 0.306 e. The quantitative estimate of drug-likeness (QED) is 0.0261. The van der Waals surface area contributed by atoms with Crippen molar-refractivity contribution in [3.8, 4) is 0 Å². The molecule has 0 rings (SSSR count). The number of unbranched alkanes of at least 4 members (excludes halogenated alkanes) is 33. The van der Waals surface area contributed by atoms with E-state index in [-0.39, 0.29) is 37.5 Å². The summed E-state index contributed by atoms with van der Waals surface area (Å²) in [5, 5.41) is 0. The average molecular weight is 1130 g/mol. The molecule has 0 N–H and O–H groups in total. The monoisotopic (exact) mass is 1120 g/mol. The van der Waals surface area contributed by atoms with Crippen molar-refractivity contribution < 1.29 is 28.6 Å². The van der Waals surface area contributed by atoms with Gasteiger partial charge in [0.05, 0.1) is 0 Å². The molecule has 0 spiro atoms. The fourth-order valence-corrected chi connectivity index (χ4v) is 9.70. The van der Waals surface area contributed by atoms with Crippen molar-refractivity contribution in [2.45, 2.75) is 335 Å². The van der Waals surface area contributed by atoms with E-state index in [2.05, 4.69) is 130 Å². The van der Waals surface area contributed by atoms with Crippen molar-refractivity contribution in [2.24, 2.45) is 0 Å². The highest BCUT2D eigenvalue weighted by molar-refractivity contribution is 5.71. The van der Waals surface area contributed by atoms with Crippen LogP contribution in [0.3, 0.4) is 0 Å². The highest BCUT2D eigenvalue weighted by Crippen LogP contribution is 2.17. The van der Waals surface area contributed by atoms with Gasteiger partial charge in [0.25, 0.3) is 0 Å². The molecular weight excluding hydrogens is 997 g/mol. The van der Waals surface area contributed by atoms with Gasteiger partial charge >= 0.3 is 17.9 Å². The maximum atomic E-state index is 12.9. The first kappa shape index (κ1) is 77.1. The molecule has 0 aliphatic rings. The second-order valence-corrected chi connectivity index (χ2v) is 22.7. The van der Waals surface area contributed by atoms with Crippen LogP contribution in [-0.4, -0.2) is 37.2 Å². The van der Waals surface area contributed by atoms with Crippen molar-refractivity contribution in [3.05, 3.63) is 109 Å². The summed E-state index contributed by atoms with van der Waals surface area (Å²) in [5.41, 5.74) is 0. The van der Waals surface area contributed by atoms with Crippen molar-refractivity contribution in [1.29, 1.82) is 0 Å². The van der Waals surface area contributed by atoms with Crippen LogP contribution in [0.25, 0.3) is 0 Å². The van der Waals surface area contributed by atoms with Crippen LogP contribution in [0.15, 0.2) is 109 Å². The fraction of sp³-hybridized carbons (Fsp3) is 0.720. The number of ether oxygens (including phenoxy) is 3. The zero-order valence-electron chi connectivity index (χ0n) is 53.3. The molecule has 0 saturated carbocycles. The van der Waals surface area contributed by atoms with Gasteiger partial charge < -0.3 is 14.2 Å². The Morgan fingerprint density at radius 1 is 0.259 bits per heavy atom. The smallest absolute Gasteiger partial charge is 0.306 e. The Hall–Kier alpha value is -3.93. The van der Waals surface area contributed by atoms with Crippen LogP contribution in [0.4, 0.5) is 0 Å². The van der Waals surface area contributed by atoms with E-state index < -0.39 is 6.10 Å². The molecular formula is C75H128O6. The Bertz CT molecular complexity index is 1620. The lowest BCUT2D eigenvalue weighted by Gasteiger charge is -2.18. The fourth-order valence-electron chi connectivity index (χ4n) is 9.70. The molecule has 1 atom stereocenters. The first-order chi connectivity index (χ1) is 40.0. The summed E-state index contributed by atoms with van der Waals surface area (Å²) in [6, 6.07) is 0. The highest BCUT2D eigenvalue weighted by Gasteiger charge is 2.19. The molecule has 0 heterocycles. The highest BCUT2D eigenvalue weighted by atomic mass is 16.6. The zero-order valence-corrected chi connectivity index (χ0v) is 53.3. The van der Waals surface area contributed by atoms with E-state index in [4.69, 9.17) is 14.2 Å². The van der Waals surface area contributed by atoms with Gasteiger partial charge in [-0.1, -0.05) is 316 Å². The molecule has 81 heavy (non-hydrogen) atoms. The van der Waals surface area contributed by atoms with Crippen LogP contribution in [-0.2, 0) is 28.6 Å². The summed E-state index contributed by atoms with van der Waals surface area (Å²) in [5.74, 6) is -0.951. The molecule has 0 aromatic carbocycles. The van der Waals surface area contributed by atoms with Gasteiger partial charge in [-0.25, -0.2) is 0 Å². The standard InChI is InChI=1S/C75H128O6/c1-4-7-10-13-16-19-22-25-28-30-32-34-35-36-37-38-39-41-42-44-47-50-53-56-59-62-65-68-74(77)80-71-72(70-79-73(76)67-64-61-58-55-52-49-46-27-24-21-18-15-12-9-6-3)81-75(78)69-66-63-60-57-54-51-48-45-43-40-33-31-29-26-23-20-17-14-11-8-5-2/h8-9,11-12,17-18,20-21,26-27,29,33,40,45-46,48,54,57,72H,4-7,10,13-16,19,22-25,28,30-32,34-39,41-44,47,49-53,55-56,58-71H2,1-3H3/b11-8-,12-9-,20-17-,21-18-,29-26-,40-33-,46-27-,48-45-,57-54-. The SMILES string of the molecule is CC/C=C\C/C=C\C/C=C\C/C=C\C/C=C\C/C=C\CCCCC(=O)OC(COC(=O)CCCCCCC/C=C\C/C=C\C/C=C\CC)COC(=O)CCCCCCCCCCCCCCCCCCCCCCCCCCCCC. The van der Waals surface area contributed by atoms with Crippen molar-refractivity contribution in [2.75, 3.05) is 13.2 Å². The van der Waals surface area contributed by atoms with Gasteiger partial charge in [-0.3, -0.25) is 14.4 Å². The van der Waals surface area contributed by atoms with Crippen LogP contribution in [0.1, 0.15) is 329 Å². The molecule has 6 nitrogen and oxygen atoms in total. The van der Waals surface area contributed by atoms with Crippen LogP contribution < -0.4 is 0 Å². The molecule has 0 aromatic heterocycles. The summed E-state index contributed by atoms with van der Waals surface area (Å²) in [6.07, 6.45) is 94.1. The van der Waals surface area contributed by atoms with Crippen LogP contribution in [0.5, 0.6) is 0 Å². The second kappa shape index (κ2) is 68.6. The third-order valence-corrected chi connectivity index (χ3v) is 14.8. The largest absolute Gasteiger partial charge is 0.462 e. The van der Waals surface area contributed by atoms with E-state index in [1.807, 2.05) is 0 Å². The summed E-state index contributed by atoms with van der Waals surface area (Å²) in [6.45, 7) is 6.40. The number of carbonyl (C=O) groups excluding carboxylic acids is 3. The number of hydrogen-bond acceptors (Lipinski definition) is 6. The third kappa shape index (κ3) is 66.8. The number of rotatable bonds is 62. The Labute approximate surface area is 501 Å². The lowest BCUT2D eigenvalue weighted by atomic mass is 10.0. The minimum Gasteiger partial charge on any atom is -0.462 e. The van der Waals surface area contributed by atoms with Crippen LogP contribution >= 0.6 is 0 Å². The predicted molar refractivity (Wildman–Crippen MR) is 353 cm³/mol.